The van der Waals surface area contributed by atoms with Crippen molar-refractivity contribution in [1.29, 1.82) is 0 Å². The molecule has 1 fully saturated rings. The van der Waals surface area contributed by atoms with E-state index in [0.717, 1.165) is 24.0 Å². The van der Waals surface area contributed by atoms with Crippen molar-refractivity contribution in [2.75, 3.05) is 0 Å². The fourth-order valence-electron chi connectivity index (χ4n) is 2.39. The van der Waals surface area contributed by atoms with E-state index in [1.807, 2.05) is 24.3 Å². The number of aliphatic carboxylic acids is 1. The van der Waals surface area contributed by atoms with Gasteiger partial charge in [-0.15, -0.1) is 0 Å². The molecule has 1 saturated carbocycles. The van der Waals surface area contributed by atoms with Crippen LogP contribution in [0.3, 0.4) is 0 Å². The summed E-state index contributed by atoms with van der Waals surface area (Å²) < 4.78 is 0. The van der Waals surface area contributed by atoms with E-state index in [2.05, 4.69) is 0 Å². The third-order valence-electron chi connectivity index (χ3n) is 3.29. The molecule has 1 aromatic carbocycles. The van der Waals surface area contributed by atoms with Crippen LogP contribution >= 0.6 is 0 Å². The Morgan fingerprint density at radius 2 is 2.00 bits per heavy atom. The van der Waals surface area contributed by atoms with Gasteiger partial charge < -0.3 is 5.11 Å². The smallest absolute Gasteiger partial charge is 0.307 e. The van der Waals surface area contributed by atoms with E-state index in [-0.39, 0.29) is 6.42 Å². The monoisotopic (exact) mass is 232 g/mol. The number of carboxylic acids is 1. The molecule has 17 heavy (non-hydrogen) atoms. The highest BCUT2D eigenvalue weighted by Crippen LogP contribution is 2.30. The van der Waals surface area contributed by atoms with Gasteiger partial charge in [-0.2, -0.15) is 0 Å². The largest absolute Gasteiger partial charge is 0.481 e. The molecule has 0 aliphatic heterocycles. The SMILES string of the molecule is O=C(O)Cc1ccc(C2CCCC(=O)C2)cc1. The van der Waals surface area contributed by atoms with Gasteiger partial charge in [-0.3, -0.25) is 9.59 Å². The molecular weight excluding hydrogens is 216 g/mol. The lowest BCUT2D eigenvalue weighted by Gasteiger charge is -2.21. The Morgan fingerprint density at radius 1 is 1.29 bits per heavy atom. The van der Waals surface area contributed by atoms with Gasteiger partial charge in [0.05, 0.1) is 6.42 Å². The van der Waals surface area contributed by atoms with E-state index in [0.29, 0.717) is 24.5 Å². The highest BCUT2D eigenvalue weighted by molar-refractivity contribution is 5.80. The van der Waals surface area contributed by atoms with Crippen molar-refractivity contribution in [3.05, 3.63) is 35.4 Å². The third kappa shape index (κ3) is 3.16. The van der Waals surface area contributed by atoms with Crippen molar-refractivity contribution in [3.8, 4) is 0 Å². The predicted molar refractivity (Wildman–Crippen MR) is 64.0 cm³/mol. The first-order valence-electron chi connectivity index (χ1n) is 5.97. The molecule has 3 nitrogen and oxygen atoms in total. The zero-order chi connectivity index (χ0) is 12.3. The first kappa shape index (κ1) is 11.8. The minimum Gasteiger partial charge on any atom is -0.481 e. The summed E-state index contributed by atoms with van der Waals surface area (Å²) in [7, 11) is 0. The minimum absolute atomic E-state index is 0.0594. The summed E-state index contributed by atoms with van der Waals surface area (Å²) in [5.41, 5.74) is 1.97. The number of carbonyl (C=O) groups excluding carboxylic acids is 1. The molecule has 0 spiro atoms. The number of Topliss-reactive ketones (excluding diaryl/α,β-unsaturated/α-hetero) is 1. The first-order chi connectivity index (χ1) is 8.15. The molecule has 0 aromatic heterocycles. The molecule has 0 bridgehead atoms. The van der Waals surface area contributed by atoms with Crippen LogP contribution in [0.5, 0.6) is 0 Å². The van der Waals surface area contributed by atoms with Gasteiger partial charge in [-0.05, 0) is 29.9 Å². The maximum atomic E-state index is 11.4. The molecule has 0 amide bonds. The molecule has 1 aromatic rings. The van der Waals surface area contributed by atoms with Crippen LogP contribution in [0.1, 0.15) is 42.7 Å². The zero-order valence-corrected chi connectivity index (χ0v) is 9.69. The van der Waals surface area contributed by atoms with E-state index in [4.69, 9.17) is 5.11 Å². The molecule has 2 rings (SSSR count). The second-order valence-corrected chi connectivity index (χ2v) is 4.64. The average Bonchev–Trinajstić information content (AvgIpc) is 2.29. The van der Waals surface area contributed by atoms with Crippen LogP contribution in [0, 0.1) is 0 Å². The normalized spacial score (nSPS) is 20.2. The fourth-order valence-corrected chi connectivity index (χ4v) is 2.39. The number of rotatable bonds is 3. The Kier molecular flexibility index (Phi) is 3.57. The maximum absolute atomic E-state index is 11.4. The van der Waals surface area contributed by atoms with Crippen LogP contribution in [0.4, 0.5) is 0 Å². The van der Waals surface area contributed by atoms with Gasteiger partial charge in [0.2, 0.25) is 0 Å². The van der Waals surface area contributed by atoms with Crippen LogP contribution in [0.25, 0.3) is 0 Å². The summed E-state index contributed by atoms with van der Waals surface area (Å²) in [6.45, 7) is 0. The molecule has 0 saturated heterocycles. The van der Waals surface area contributed by atoms with Crippen molar-refractivity contribution < 1.29 is 14.7 Å². The molecule has 90 valence electrons. The molecule has 1 aliphatic carbocycles. The second-order valence-electron chi connectivity index (χ2n) is 4.64. The fraction of sp³-hybridized carbons (Fsp3) is 0.429. The lowest BCUT2D eigenvalue weighted by atomic mass is 9.83. The lowest BCUT2D eigenvalue weighted by Crippen LogP contribution is -2.13. The lowest BCUT2D eigenvalue weighted by molar-refractivity contribution is -0.136. The molecule has 0 heterocycles. The van der Waals surface area contributed by atoms with E-state index >= 15 is 0 Å². The average molecular weight is 232 g/mol. The summed E-state index contributed by atoms with van der Waals surface area (Å²) in [6.07, 6.45) is 3.44. The van der Waals surface area contributed by atoms with E-state index in [9.17, 15) is 9.59 Å². The van der Waals surface area contributed by atoms with Gasteiger partial charge in [0.25, 0.3) is 0 Å². The summed E-state index contributed by atoms with van der Waals surface area (Å²) in [6, 6.07) is 7.62. The number of hydrogen-bond acceptors (Lipinski definition) is 2. The number of carbonyl (C=O) groups is 2. The quantitative estimate of drug-likeness (QED) is 0.871. The van der Waals surface area contributed by atoms with Crippen LogP contribution in [0.2, 0.25) is 0 Å². The number of hydrogen-bond donors (Lipinski definition) is 1. The summed E-state index contributed by atoms with van der Waals surface area (Å²) in [5, 5.41) is 8.67. The van der Waals surface area contributed by atoms with E-state index in [1.54, 1.807) is 0 Å². The van der Waals surface area contributed by atoms with Crippen molar-refractivity contribution in [3.63, 3.8) is 0 Å². The number of benzene rings is 1. The Labute approximate surface area is 100 Å². The van der Waals surface area contributed by atoms with Gasteiger partial charge in [-0.25, -0.2) is 0 Å². The van der Waals surface area contributed by atoms with Crippen LogP contribution in [-0.4, -0.2) is 16.9 Å². The van der Waals surface area contributed by atoms with Gasteiger partial charge in [0, 0.05) is 12.8 Å². The molecule has 1 atom stereocenters. The highest BCUT2D eigenvalue weighted by Gasteiger charge is 2.20. The standard InChI is InChI=1S/C14H16O3/c15-13-3-1-2-12(9-13)11-6-4-10(5-7-11)8-14(16)17/h4-7,12H,1-3,8-9H2,(H,16,17). The van der Waals surface area contributed by atoms with Gasteiger partial charge in [0.1, 0.15) is 5.78 Å². The molecule has 0 radical (unpaired) electrons. The maximum Gasteiger partial charge on any atom is 0.307 e. The first-order valence-corrected chi connectivity index (χ1v) is 5.97. The number of ketones is 1. The number of carboxylic acid groups (broad SMARTS) is 1. The van der Waals surface area contributed by atoms with Crippen molar-refractivity contribution in [2.45, 2.75) is 38.0 Å². The van der Waals surface area contributed by atoms with Crippen LogP contribution in [-0.2, 0) is 16.0 Å². The van der Waals surface area contributed by atoms with Crippen LogP contribution in [0.15, 0.2) is 24.3 Å². The molecule has 1 unspecified atom stereocenters. The van der Waals surface area contributed by atoms with Crippen molar-refractivity contribution in [1.82, 2.24) is 0 Å². The summed E-state index contributed by atoms with van der Waals surface area (Å²) in [4.78, 5) is 21.9. The Hall–Kier alpha value is -1.64. The molecular formula is C14H16O3. The zero-order valence-electron chi connectivity index (χ0n) is 9.69. The molecule has 1 N–H and O–H groups in total. The van der Waals surface area contributed by atoms with Gasteiger partial charge >= 0.3 is 5.97 Å². The topological polar surface area (TPSA) is 54.4 Å². The highest BCUT2D eigenvalue weighted by atomic mass is 16.4. The van der Waals surface area contributed by atoms with E-state index in [1.165, 1.54) is 0 Å². The molecule has 3 heteroatoms. The summed E-state index contributed by atoms with van der Waals surface area (Å²) >= 11 is 0. The Balaban J connectivity index is 2.06. The van der Waals surface area contributed by atoms with Crippen LogP contribution < -0.4 is 0 Å². The molecule has 1 aliphatic rings. The summed E-state index contributed by atoms with van der Waals surface area (Å²) in [5.74, 6) is -0.142. The minimum atomic E-state index is -0.814. The second kappa shape index (κ2) is 5.13. The van der Waals surface area contributed by atoms with Crippen molar-refractivity contribution in [2.24, 2.45) is 0 Å². The predicted octanol–water partition coefficient (Wildman–Crippen LogP) is 2.54. The van der Waals surface area contributed by atoms with Crippen molar-refractivity contribution >= 4 is 11.8 Å². The van der Waals surface area contributed by atoms with E-state index < -0.39 is 5.97 Å². The van der Waals surface area contributed by atoms with Gasteiger partial charge in [-0.1, -0.05) is 24.3 Å². The Bertz CT molecular complexity index is 420. The van der Waals surface area contributed by atoms with Gasteiger partial charge in [0.15, 0.2) is 0 Å². The third-order valence-corrected chi connectivity index (χ3v) is 3.29. The Morgan fingerprint density at radius 3 is 2.59 bits per heavy atom.